The quantitative estimate of drug-likeness (QED) is 0.870. The summed E-state index contributed by atoms with van der Waals surface area (Å²) in [5.74, 6) is 0.175. The van der Waals surface area contributed by atoms with Gasteiger partial charge in [-0.25, -0.2) is 0 Å². The van der Waals surface area contributed by atoms with Crippen LogP contribution in [0.2, 0.25) is 0 Å². The SMILES string of the molecule is CCCC1NC(=O)C(C(C)(C)C)N(C2CCCCC2)C1=O. The van der Waals surface area contributed by atoms with Crippen molar-refractivity contribution < 1.29 is 9.59 Å². The second kappa shape index (κ2) is 6.37. The van der Waals surface area contributed by atoms with Crippen molar-refractivity contribution in [3.8, 4) is 0 Å². The van der Waals surface area contributed by atoms with Crippen molar-refractivity contribution in [2.45, 2.75) is 90.8 Å². The third-order valence-corrected chi connectivity index (χ3v) is 4.76. The van der Waals surface area contributed by atoms with Crippen molar-refractivity contribution in [1.82, 2.24) is 10.2 Å². The molecule has 2 aliphatic rings. The fraction of sp³-hybridized carbons (Fsp3) is 0.882. The van der Waals surface area contributed by atoms with Gasteiger partial charge in [0.05, 0.1) is 0 Å². The molecule has 2 unspecified atom stereocenters. The molecular formula is C17H30N2O2. The first kappa shape index (κ1) is 16.3. The van der Waals surface area contributed by atoms with Gasteiger partial charge in [0, 0.05) is 6.04 Å². The molecular weight excluding hydrogens is 264 g/mol. The van der Waals surface area contributed by atoms with Crippen LogP contribution < -0.4 is 5.32 Å². The van der Waals surface area contributed by atoms with Crippen LogP contribution in [0, 0.1) is 5.41 Å². The Hall–Kier alpha value is -1.06. The molecule has 0 spiro atoms. The fourth-order valence-electron chi connectivity index (χ4n) is 3.79. The van der Waals surface area contributed by atoms with E-state index in [1.165, 1.54) is 19.3 Å². The molecule has 4 heteroatoms. The molecule has 0 aromatic rings. The Morgan fingerprint density at radius 2 is 1.76 bits per heavy atom. The van der Waals surface area contributed by atoms with Crippen molar-refractivity contribution >= 4 is 11.8 Å². The van der Waals surface area contributed by atoms with Crippen LogP contribution in [0.25, 0.3) is 0 Å². The van der Waals surface area contributed by atoms with Gasteiger partial charge >= 0.3 is 0 Å². The summed E-state index contributed by atoms with van der Waals surface area (Å²) >= 11 is 0. The highest BCUT2D eigenvalue weighted by Gasteiger charge is 2.48. The summed E-state index contributed by atoms with van der Waals surface area (Å²) < 4.78 is 0. The fourth-order valence-corrected chi connectivity index (χ4v) is 3.79. The zero-order valence-electron chi connectivity index (χ0n) is 13.9. The molecule has 0 aromatic carbocycles. The molecule has 21 heavy (non-hydrogen) atoms. The zero-order chi connectivity index (χ0) is 15.6. The summed E-state index contributed by atoms with van der Waals surface area (Å²) in [7, 11) is 0. The van der Waals surface area contributed by atoms with Gasteiger partial charge < -0.3 is 10.2 Å². The molecule has 120 valence electrons. The van der Waals surface area contributed by atoms with E-state index in [1.54, 1.807) is 0 Å². The Kier molecular flexibility index (Phi) is 4.95. The maximum Gasteiger partial charge on any atom is 0.246 e. The lowest BCUT2D eigenvalue weighted by Gasteiger charge is -2.49. The number of hydrogen-bond acceptors (Lipinski definition) is 2. The topological polar surface area (TPSA) is 49.4 Å². The minimum absolute atomic E-state index is 0.0334. The second-order valence-electron chi connectivity index (χ2n) is 7.66. The number of carbonyl (C=O) groups is 2. The molecule has 1 saturated heterocycles. The largest absolute Gasteiger partial charge is 0.342 e. The summed E-state index contributed by atoms with van der Waals surface area (Å²) in [6.45, 7) is 8.22. The number of rotatable bonds is 3. The van der Waals surface area contributed by atoms with E-state index in [-0.39, 0.29) is 35.4 Å². The summed E-state index contributed by atoms with van der Waals surface area (Å²) in [5, 5.41) is 2.96. The van der Waals surface area contributed by atoms with Crippen molar-refractivity contribution in [3.05, 3.63) is 0 Å². The van der Waals surface area contributed by atoms with Gasteiger partial charge in [-0.05, 0) is 24.7 Å². The van der Waals surface area contributed by atoms with E-state index in [1.807, 2.05) is 4.90 Å². The first-order valence-electron chi connectivity index (χ1n) is 8.48. The third-order valence-electron chi connectivity index (χ3n) is 4.76. The van der Waals surface area contributed by atoms with Crippen LogP contribution in [-0.4, -0.2) is 34.8 Å². The number of amides is 2. The van der Waals surface area contributed by atoms with Gasteiger partial charge in [0.2, 0.25) is 11.8 Å². The molecule has 2 rings (SSSR count). The van der Waals surface area contributed by atoms with Gasteiger partial charge in [0.25, 0.3) is 0 Å². The molecule has 0 radical (unpaired) electrons. The Morgan fingerprint density at radius 1 is 1.14 bits per heavy atom. The molecule has 1 saturated carbocycles. The monoisotopic (exact) mass is 294 g/mol. The van der Waals surface area contributed by atoms with Crippen LogP contribution in [0.4, 0.5) is 0 Å². The van der Waals surface area contributed by atoms with E-state index in [4.69, 9.17) is 0 Å². The highest BCUT2D eigenvalue weighted by Crippen LogP contribution is 2.34. The number of nitrogens with zero attached hydrogens (tertiary/aromatic N) is 1. The van der Waals surface area contributed by atoms with Crippen molar-refractivity contribution in [3.63, 3.8) is 0 Å². The summed E-state index contributed by atoms with van der Waals surface area (Å²) in [6, 6.07) is -0.398. The Bertz CT molecular complexity index is 394. The van der Waals surface area contributed by atoms with E-state index < -0.39 is 0 Å². The number of piperazine rings is 1. The Balaban J connectivity index is 2.29. The minimum atomic E-state index is -0.332. The first-order chi connectivity index (χ1) is 9.86. The molecule has 0 aromatic heterocycles. The minimum Gasteiger partial charge on any atom is -0.342 e. The summed E-state index contributed by atoms with van der Waals surface area (Å²) in [6.07, 6.45) is 7.34. The standard InChI is InChI=1S/C17H30N2O2/c1-5-9-13-16(21)19(12-10-7-6-8-11-12)14(15(20)18-13)17(2,3)4/h12-14H,5-11H2,1-4H3,(H,18,20). The summed E-state index contributed by atoms with van der Waals surface area (Å²) in [4.78, 5) is 27.5. The van der Waals surface area contributed by atoms with E-state index >= 15 is 0 Å². The molecule has 1 aliphatic heterocycles. The first-order valence-corrected chi connectivity index (χ1v) is 8.48. The average molecular weight is 294 g/mol. The van der Waals surface area contributed by atoms with Gasteiger partial charge in [0.1, 0.15) is 12.1 Å². The lowest BCUT2D eigenvalue weighted by molar-refractivity contribution is -0.158. The van der Waals surface area contributed by atoms with E-state index in [0.29, 0.717) is 0 Å². The Morgan fingerprint density at radius 3 is 2.29 bits per heavy atom. The lowest BCUT2D eigenvalue weighted by atomic mass is 9.80. The summed E-state index contributed by atoms with van der Waals surface area (Å²) in [5.41, 5.74) is -0.228. The van der Waals surface area contributed by atoms with Crippen LogP contribution in [0.1, 0.15) is 72.6 Å². The normalized spacial score (nSPS) is 28.7. The predicted octanol–water partition coefficient (Wildman–Crippen LogP) is 2.86. The van der Waals surface area contributed by atoms with E-state index in [9.17, 15) is 9.59 Å². The number of hydrogen-bond donors (Lipinski definition) is 1. The molecule has 1 heterocycles. The van der Waals surface area contributed by atoms with Crippen LogP contribution in [0.3, 0.4) is 0 Å². The highest BCUT2D eigenvalue weighted by molar-refractivity contribution is 5.97. The third kappa shape index (κ3) is 3.41. The van der Waals surface area contributed by atoms with Crippen molar-refractivity contribution in [2.75, 3.05) is 0 Å². The lowest BCUT2D eigenvalue weighted by Crippen LogP contribution is -2.69. The van der Waals surface area contributed by atoms with Crippen LogP contribution in [-0.2, 0) is 9.59 Å². The number of carbonyl (C=O) groups excluding carboxylic acids is 2. The van der Waals surface area contributed by atoms with Crippen LogP contribution in [0.5, 0.6) is 0 Å². The molecule has 2 atom stereocenters. The molecule has 0 bridgehead atoms. The predicted molar refractivity (Wildman–Crippen MR) is 83.8 cm³/mol. The van der Waals surface area contributed by atoms with Gasteiger partial charge in [-0.2, -0.15) is 0 Å². The Labute approximate surface area is 128 Å². The van der Waals surface area contributed by atoms with Gasteiger partial charge in [-0.3, -0.25) is 9.59 Å². The average Bonchev–Trinajstić information content (AvgIpc) is 2.42. The van der Waals surface area contributed by atoms with Gasteiger partial charge in [-0.15, -0.1) is 0 Å². The maximum absolute atomic E-state index is 12.9. The molecule has 4 nitrogen and oxygen atoms in total. The number of nitrogens with one attached hydrogen (secondary N) is 1. The maximum atomic E-state index is 12.9. The zero-order valence-corrected chi connectivity index (χ0v) is 13.9. The van der Waals surface area contributed by atoms with Crippen molar-refractivity contribution in [2.24, 2.45) is 5.41 Å². The van der Waals surface area contributed by atoms with Gasteiger partial charge in [0.15, 0.2) is 0 Å². The molecule has 1 N–H and O–H groups in total. The molecule has 1 aliphatic carbocycles. The van der Waals surface area contributed by atoms with Crippen molar-refractivity contribution in [1.29, 1.82) is 0 Å². The van der Waals surface area contributed by atoms with Crippen LogP contribution in [0.15, 0.2) is 0 Å². The second-order valence-corrected chi connectivity index (χ2v) is 7.66. The smallest absolute Gasteiger partial charge is 0.246 e. The van der Waals surface area contributed by atoms with Crippen LogP contribution >= 0.6 is 0 Å². The van der Waals surface area contributed by atoms with E-state index in [2.05, 4.69) is 33.0 Å². The molecule has 2 fully saturated rings. The van der Waals surface area contributed by atoms with E-state index in [0.717, 1.165) is 25.7 Å². The van der Waals surface area contributed by atoms with Gasteiger partial charge in [-0.1, -0.05) is 53.4 Å². The highest BCUT2D eigenvalue weighted by atomic mass is 16.2. The molecule has 2 amide bonds.